The lowest BCUT2D eigenvalue weighted by Crippen LogP contribution is -2.25. The van der Waals surface area contributed by atoms with Crippen molar-refractivity contribution in [3.63, 3.8) is 0 Å². The van der Waals surface area contributed by atoms with E-state index < -0.39 is 0 Å². The van der Waals surface area contributed by atoms with E-state index >= 15 is 0 Å². The highest BCUT2D eigenvalue weighted by Crippen LogP contribution is 2.22. The summed E-state index contributed by atoms with van der Waals surface area (Å²) in [6.07, 6.45) is 0. The number of nitrogens with one attached hydrogen (secondary N) is 1. The number of nitrogens with zero attached hydrogens (tertiary/aromatic N) is 3. The van der Waals surface area contributed by atoms with E-state index in [0.717, 1.165) is 42.7 Å². The van der Waals surface area contributed by atoms with Crippen molar-refractivity contribution in [2.24, 2.45) is 0 Å². The molecule has 102 valence electrons. The van der Waals surface area contributed by atoms with Crippen LogP contribution in [0.15, 0.2) is 0 Å². The molecule has 0 amide bonds. The maximum atomic E-state index is 5.37. The van der Waals surface area contributed by atoms with Gasteiger partial charge in [-0.25, -0.2) is 9.97 Å². The fourth-order valence-electron chi connectivity index (χ4n) is 1.78. The van der Waals surface area contributed by atoms with Crippen LogP contribution in [-0.2, 0) is 4.74 Å². The van der Waals surface area contributed by atoms with Gasteiger partial charge >= 0.3 is 0 Å². The van der Waals surface area contributed by atoms with Gasteiger partial charge in [-0.1, -0.05) is 0 Å². The van der Waals surface area contributed by atoms with Crippen LogP contribution >= 0.6 is 0 Å². The number of likely N-dealkylation sites (N-methyl/N-ethyl adjacent to an activating group) is 1. The molecule has 1 aromatic rings. The number of ether oxygens (including phenoxy) is 1. The van der Waals surface area contributed by atoms with Gasteiger partial charge in [0.05, 0.1) is 6.61 Å². The molecule has 0 spiro atoms. The van der Waals surface area contributed by atoms with E-state index in [9.17, 15) is 0 Å². The molecular weight excluding hydrogens is 228 g/mol. The molecule has 0 aliphatic heterocycles. The summed E-state index contributed by atoms with van der Waals surface area (Å²) < 4.78 is 5.37. The zero-order valence-corrected chi connectivity index (χ0v) is 12.1. The predicted octanol–water partition coefficient (Wildman–Crippen LogP) is 2.00. The minimum Gasteiger partial charge on any atom is -0.380 e. The molecule has 1 heterocycles. The normalized spacial score (nSPS) is 10.5. The largest absolute Gasteiger partial charge is 0.380 e. The van der Waals surface area contributed by atoms with Crippen molar-refractivity contribution in [2.75, 3.05) is 43.6 Å². The Labute approximate surface area is 110 Å². The van der Waals surface area contributed by atoms with Gasteiger partial charge in [0.25, 0.3) is 0 Å². The van der Waals surface area contributed by atoms with E-state index in [2.05, 4.69) is 27.1 Å². The van der Waals surface area contributed by atoms with E-state index in [0.29, 0.717) is 6.61 Å². The Hall–Kier alpha value is -1.36. The first kappa shape index (κ1) is 14.7. The van der Waals surface area contributed by atoms with Gasteiger partial charge in [-0.2, -0.15) is 0 Å². The second-order valence-corrected chi connectivity index (χ2v) is 4.22. The first-order chi connectivity index (χ1) is 8.60. The SMILES string of the molecule is CCNc1nc(C)nc(N(C)CCOCC)c1C. The fourth-order valence-corrected chi connectivity index (χ4v) is 1.78. The van der Waals surface area contributed by atoms with Crippen LogP contribution in [0.5, 0.6) is 0 Å². The molecule has 18 heavy (non-hydrogen) atoms. The molecule has 0 radical (unpaired) electrons. The highest BCUT2D eigenvalue weighted by atomic mass is 16.5. The van der Waals surface area contributed by atoms with Crippen molar-refractivity contribution in [1.29, 1.82) is 0 Å². The van der Waals surface area contributed by atoms with Crippen LogP contribution in [0.25, 0.3) is 0 Å². The van der Waals surface area contributed by atoms with E-state index in [1.54, 1.807) is 0 Å². The molecule has 5 nitrogen and oxygen atoms in total. The topological polar surface area (TPSA) is 50.3 Å². The van der Waals surface area contributed by atoms with Gasteiger partial charge in [-0.15, -0.1) is 0 Å². The standard InChI is InChI=1S/C13H24N4O/c1-6-14-12-10(3)13(16-11(4)15-12)17(5)8-9-18-7-2/h6-9H2,1-5H3,(H,14,15,16). The van der Waals surface area contributed by atoms with E-state index in [4.69, 9.17) is 4.74 Å². The summed E-state index contributed by atoms with van der Waals surface area (Å²) in [4.78, 5) is 11.0. The molecule has 1 rings (SSSR count). The lowest BCUT2D eigenvalue weighted by atomic mass is 10.3. The molecule has 1 aromatic heterocycles. The van der Waals surface area contributed by atoms with Crippen LogP contribution in [0.3, 0.4) is 0 Å². The summed E-state index contributed by atoms with van der Waals surface area (Å²) in [7, 11) is 2.03. The average Bonchev–Trinajstić information content (AvgIpc) is 2.34. The first-order valence-corrected chi connectivity index (χ1v) is 6.48. The van der Waals surface area contributed by atoms with Gasteiger partial charge in [0.15, 0.2) is 0 Å². The second kappa shape index (κ2) is 7.16. The lowest BCUT2D eigenvalue weighted by molar-refractivity contribution is 0.154. The third kappa shape index (κ3) is 3.84. The van der Waals surface area contributed by atoms with E-state index in [-0.39, 0.29) is 0 Å². The molecule has 0 aliphatic carbocycles. The number of anilines is 2. The Morgan fingerprint density at radius 1 is 1.22 bits per heavy atom. The number of hydrogen-bond donors (Lipinski definition) is 1. The van der Waals surface area contributed by atoms with Crippen LogP contribution < -0.4 is 10.2 Å². The predicted molar refractivity (Wildman–Crippen MR) is 75.4 cm³/mol. The Balaban J connectivity index is 2.86. The molecule has 5 heteroatoms. The molecule has 0 saturated carbocycles. The molecule has 0 aliphatic rings. The van der Waals surface area contributed by atoms with Crippen molar-refractivity contribution in [3.8, 4) is 0 Å². The van der Waals surface area contributed by atoms with Gasteiger partial charge < -0.3 is 15.0 Å². The van der Waals surface area contributed by atoms with Crippen molar-refractivity contribution in [2.45, 2.75) is 27.7 Å². The lowest BCUT2D eigenvalue weighted by Gasteiger charge is -2.21. The van der Waals surface area contributed by atoms with Gasteiger partial charge in [-0.3, -0.25) is 0 Å². The number of aromatic nitrogens is 2. The van der Waals surface area contributed by atoms with Crippen molar-refractivity contribution in [1.82, 2.24) is 9.97 Å². The second-order valence-electron chi connectivity index (χ2n) is 4.22. The summed E-state index contributed by atoms with van der Waals surface area (Å²) in [5.74, 6) is 2.68. The third-order valence-corrected chi connectivity index (χ3v) is 2.71. The maximum absolute atomic E-state index is 5.37. The Kier molecular flexibility index (Phi) is 5.85. The number of hydrogen-bond acceptors (Lipinski definition) is 5. The molecule has 0 aromatic carbocycles. The van der Waals surface area contributed by atoms with Crippen molar-refractivity contribution < 1.29 is 4.74 Å². The molecule has 0 bridgehead atoms. The van der Waals surface area contributed by atoms with Crippen molar-refractivity contribution >= 4 is 11.6 Å². The average molecular weight is 252 g/mol. The zero-order chi connectivity index (χ0) is 13.5. The number of aryl methyl sites for hydroxylation is 1. The van der Waals surface area contributed by atoms with Crippen LogP contribution in [0.4, 0.5) is 11.6 Å². The Morgan fingerprint density at radius 2 is 1.94 bits per heavy atom. The molecule has 1 N–H and O–H groups in total. The number of rotatable bonds is 7. The third-order valence-electron chi connectivity index (χ3n) is 2.71. The van der Waals surface area contributed by atoms with E-state index in [1.165, 1.54) is 0 Å². The minimum absolute atomic E-state index is 0.714. The van der Waals surface area contributed by atoms with Crippen LogP contribution in [0.1, 0.15) is 25.2 Å². The fraction of sp³-hybridized carbons (Fsp3) is 0.692. The van der Waals surface area contributed by atoms with Crippen LogP contribution in [0.2, 0.25) is 0 Å². The minimum atomic E-state index is 0.714. The smallest absolute Gasteiger partial charge is 0.137 e. The maximum Gasteiger partial charge on any atom is 0.137 e. The molecule has 0 atom stereocenters. The Morgan fingerprint density at radius 3 is 2.56 bits per heavy atom. The van der Waals surface area contributed by atoms with Crippen molar-refractivity contribution in [3.05, 3.63) is 11.4 Å². The van der Waals surface area contributed by atoms with Crippen LogP contribution in [-0.4, -0.2) is 43.3 Å². The van der Waals surface area contributed by atoms with Gasteiger partial charge in [0.2, 0.25) is 0 Å². The summed E-state index contributed by atoms with van der Waals surface area (Å²) in [5, 5.41) is 3.27. The van der Waals surface area contributed by atoms with Gasteiger partial charge in [0, 0.05) is 32.3 Å². The van der Waals surface area contributed by atoms with Gasteiger partial charge in [0.1, 0.15) is 17.5 Å². The van der Waals surface area contributed by atoms with Crippen LogP contribution in [0, 0.1) is 13.8 Å². The summed E-state index contributed by atoms with van der Waals surface area (Å²) >= 11 is 0. The monoisotopic (exact) mass is 252 g/mol. The zero-order valence-electron chi connectivity index (χ0n) is 12.1. The summed E-state index contributed by atoms with van der Waals surface area (Å²) in [6.45, 7) is 11.2. The molecule has 0 saturated heterocycles. The van der Waals surface area contributed by atoms with E-state index in [1.807, 2.05) is 27.8 Å². The Bertz CT molecular complexity index is 381. The highest BCUT2D eigenvalue weighted by molar-refractivity contribution is 5.58. The van der Waals surface area contributed by atoms with Gasteiger partial charge in [-0.05, 0) is 27.7 Å². The summed E-state index contributed by atoms with van der Waals surface area (Å²) in [5.41, 5.74) is 1.08. The molecular formula is C13H24N4O. The first-order valence-electron chi connectivity index (χ1n) is 6.48. The summed E-state index contributed by atoms with van der Waals surface area (Å²) in [6, 6.07) is 0. The molecule has 0 unspecified atom stereocenters. The highest BCUT2D eigenvalue weighted by Gasteiger charge is 2.12. The quantitative estimate of drug-likeness (QED) is 0.752. The molecule has 0 fully saturated rings.